The Kier molecular flexibility index (Phi) is 6.43. The number of fused-ring (bicyclic) bond motifs is 1. The second-order valence-corrected chi connectivity index (χ2v) is 7.78. The van der Waals surface area contributed by atoms with Gasteiger partial charge in [-0.3, -0.25) is 9.59 Å². The van der Waals surface area contributed by atoms with E-state index in [1.807, 2.05) is 31.2 Å². The van der Waals surface area contributed by atoms with Crippen molar-refractivity contribution in [1.29, 1.82) is 0 Å². The third-order valence-corrected chi connectivity index (χ3v) is 5.59. The molecule has 0 bridgehead atoms. The van der Waals surface area contributed by atoms with E-state index < -0.39 is 18.5 Å². The molecule has 1 aliphatic rings. The lowest BCUT2D eigenvalue weighted by molar-refractivity contribution is -0.143. The van der Waals surface area contributed by atoms with Crippen LogP contribution in [-0.2, 0) is 27.2 Å². The van der Waals surface area contributed by atoms with Crippen LogP contribution in [0.4, 0.5) is 10.7 Å². The summed E-state index contributed by atoms with van der Waals surface area (Å²) in [6.45, 7) is 1.02. The van der Waals surface area contributed by atoms with Crippen molar-refractivity contribution in [2.75, 3.05) is 23.8 Å². The third kappa shape index (κ3) is 4.96. The Bertz CT molecular complexity index is 906. The Labute approximate surface area is 166 Å². The van der Waals surface area contributed by atoms with Crippen LogP contribution in [0.2, 0.25) is 0 Å². The smallest absolute Gasteiger partial charge is 0.329 e. The number of carbonyl (C=O) groups is 3. The normalized spacial score (nSPS) is 12.9. The molecule has 0 aliphatic heterocycles. The number of anilines is 2. The summed E-state index contributed by atoms with van der Waals surface area (Å²) >= 11 is 1.41. The first-order valence-corrected chi connectivity index (χ1v) is 9.87. The van der Waals surface area contributed by atoms with E-state index in [2.05, 4.69) is 10.6 Å². The van der Waals surface area contributed by atoms with Gasteiger partial charge in [0.1, 0.15) is 18.2 Å². The van der Waals surface area contributed by atoms with Crippen LogP contribution in [0.3, 0.4) is 0 Å². The highest BCUT2D eigenvalue weighted by Crippen LogP contribution is 2.38. The number of aryl methyl sites for hydroxylation is 2. The van der Waals surface area contributed by atoms with Crippen LogP contribution in [0, 0.1) is 6.92 Å². The van der Waals surface area contributed by atoms with Crippen LogP contribution in [0.1, 0.15) is 39.2 Å². The summed E-state index contributed by atoms with van der Waals surface area (Å²) in [5.74, 6) is -1.88. The van der Waals surface area contributed by atoms with Crippen molar-refractivity contribution >= 4 is 39.8 Å². The molecule has 0 atom stereocenters. The zero-order valence-corrected chi connectivity index (χ0v) is 16.4. The number of benzene rings is 1. The van der Waals surface area contributed by atoms with Crippen molar-refractivity contribution in [2.45, 2.75) is 32.6 Å². The summed E-state index contributed by atoms with van der Waals surface area (Å²) in [6.07, 6.45) is 3.75. The summed E-state index contributed by atoms with van der Waals surface area (Å²) in [4.78, 5) is 36.7. The van der Waals surface area contributed by atoms with E-state index in [4.69, 9.17) is 9.84 Å². The number of aliphatic carboxylic acids is 1. The molecule has 0 fully saturated rings. The van der Waals surface area contributed by atoms with Crippen molar-refractivity contribution < 1.29 is 24.2 Å². The molecule has 0 unspecified atom stereocenters. The van der Waals surface area contributed by atoms with Crippen molar-refractivity contribution in [1.82, 2.24) is 0 Å². The van der Waals surface area contributed by atoms with Gasteiger partial charge in [-0.15, -0.1) is 11.3 Å². The molecule has 8 heteroatoms. The molecule has 2 amide bonds. The SMILES string of the molecule is Cc1cccc(NC(=O)c2c(NC(=O)COCC(=O)O)sc3c2CCCC3)c1. The zero-order valence-electron chi connectivity index (χ0n) is 15.5. The number of carbonyl (C=O) groups excluding carboxylic acids is 2. The van der Waals surface area contributed by atoms with Gasteiger partial charge in [0.15, 0.2) is 0 Å². The second-order valence-electron chi connectivity index (χ2n) is 6.67. The zero-order chi connectivity index (χ0) is 20.1. The Balaban J connectivity index is 1.80. The predicted molar refractivity (Wildman–Crippen MR) is 107 cm³/mol. The van der Waals surface area contributed by atoms with Gasteiger partial charge in [0.05, 0.1) is 5.56 Å². The standard InChI is InChI=1S/C20H22N2O5S/c1-12-5-4-6-13(9-12)21-19(26)18-14-7-2-3-8-15(14)28-20(18)22-16(23)10-27-11-17(24)25/h4-6,9H,2-3,7-8,10-11H2,1H3,(H,21,26)(H,22,23)(H,24,25). The van der Waals surface area contributed by atoms with Crippen molar-refractivity contribution in [3.8, 4) is 0 Å². The maximum atomic E-state index is 13.0. The minimum Gasteiger partial charge on any atom is -0.480 e. The molecule has 3 rings (SSSR count). The molecule has 1 aromatic carbocycles. The number of carboxylic acids is 1. The van der Waals surface area contributed by atoms with E-state index in [9.17, 15) is 14.4 Å². The maximum absolute atomic E-state index is 13.0. The monoisotopic (exact) mass is 402 g/mol. The molecular formula is C20H22N2O5S. The minimum atomic E-state index is -1.14. The van der Waals surface area contributed by atoms with Crippen LogP contribution in [0.15, 0.2) is 24.3 Å². The lowest BCUT2D eigenvalue weighted by Gasteiger charge is -2.13. The number of hydrogen-bond donors (Lipinski definition) is 3. The fourth-order valence-corrected chi connectivity index (χ4v) is 4.51. The number of ether oxygens (including phenoxy) is 1. The van der Waals surface area contributed by atoms with Crippen LogP contribution < -0.4 is 10.6 Å². The first kappa shape index (κ1) is 20.0. The average Bonchev–Trinajstić information content (AvgIpc) is 2.99. The van der Waals surface area contributed by atoms with Crippen LogP contribution in [-0.4, -0.2) is 36.1 Å². The molecule has 7 nitrogen and oxygen atoms in total. The second kappa shape index (κ2) is 8.99. The van der Waals surface area contributed by atoms with Crippen molar-refractivity contribution in [3.63, 3.8) is 0 Å². The highest BCUT2D eigenvalue weighted by molar-refractivity contribution is 7.17. The molecule has 1 heterocycles. The van der Waals surface area contributed by atoms with Gasteiger partial charge in [0, 0.05) is 10.6 Å². The maximum Gasteiger partial charge on any atom is 0.329 e. The fraction of sp³-hybridized carbons (Fsp3) is 0.350. The fourth-order valence-electron chi connectivity index (χ4n) is 3.20. The van der Waals surface area contributed by atoms with Gasteiger partial charge in [0.25, 0.3) is 11.8 Å². The number of carboxylic acid groups (broad SMARTS) is 1. The predicted octanol–water partition coefficient (Wildman–Crippen LogP) is 3.23. The van der Waals surface area contributed by atoms with Gasteiger partial charge >= 0.3 is 5.97 Å². The first-order valence-electron chi connectivity index (χ1n) is 9.06. The van der Waals surface area contributed by atoms with Gasteiger partial charge in [0.2, 0.25) is 0 Å². The number of nitrogens with one attached hydrogen (secondary N) is 2. The lowest BCUT2D eigenvalue weighted by Crippen LogP contribution is -2.22. The van der Waals surface area contributed by atoms with E-state index in [0.29, 0.717) is 16.3 Å². The Morgan fingerprint density at radius 3 is 2.68 bits per heavy atom. The van der Waals surface area contributed by atoms with Gasteiger partial charge in [-0.2, -0.15) is 0 Å². The molecule has 2 aromatic rings. The number of hydrogen-bond acceptors (Lipinski definition) is 5. The van der Waals surface area contributed by atoms with Crippen LogP contribution in [0.25, 0.3) is 0 Å². The Morgan fingerprint density at radius 1 is 1.14 bits per heavy atom. The summed E-state index contributed by atoms with van der Waals surface area (Å²) in [5, 5.41) is 14.7. The van der Waals surface area contributed by atoms with Gasteiger partial charge < -0.3 is 20.5 Å². The van der Waals surface area contributed by atoms with Crippen LogP contribution in [0.5, 0.6) is 0 Å². The Hall–Kier alpha value is -2.71. The van der Waals surface area contributed by atoms with E-state index >= 15 is 0 Å². The van der Waals surface area contributed by atoms with Crippen molar-refractivity contribution in [3.05, 3.63) is 45.8 Å². The van der Waals surface area contributed by atoms with E-state index in [1.54, 1.807) is 0 Å². The first-order chi connectivity index (χ1) is 13.4. The highest BCUT2D eigenvalue weighted by atomic mass is 32.1. The van der Waals surface area contributed by atoms with Crippen LogP contribution >= 0.6 is 11.3 Å². The van der Waals surface area contributed by atoms with Gasteiger partial charge in [-0.25, -0.2) is 4.79 Å². The number of thiophene rings is 1. The molecule has 28 heavy (non-hydrogen) atoms. The molecule has 3 N–H and O–H groups in total. The molecule has 0 saturated heterocycles. The largest absolute Gasteiger partial charge is 0.480 e. The van der Waals surface area contributed by atoms with E-state index in [0.717, 1.165) is 41.7 Å². The highest BCUT2D eigenvalue weighted by Gasteiger charge is 2.26. The lowest BCUT2D eigenvalue weighted by atomic mass is 9.95. The van der Waals surface area contributed by atoms with E-state index in [1.165, 1.54) is 11.3 Å². The Morgan fingerprint density at radius 2 is 1.93 bits per heavy atom. The third-order valence-electron chi connectivity index (χ3n) is 4.39. The summed E-state index contributed by atoms with van der Waals surface area (Å²) in [5.41, 5.74) is 3.22. The molecule has 148 valence electrons. The average molecular weight is 402 g/mol. The van der Waals surface area contributed by atoms with Gasteiger partial charge in [-0.05, 0) is 55.9 Å². The quantitative estimate of drug-likeness (QED) is 0.660. The summed E-state index contributed by atoms with van der Waals surface area (Å²) in [7, 11) is 0. The summed E-state index contributed by atoms with van der Waals surface area (Å²) < 4.78 is 4.83. The van der Waals surface area contributed by atoms with Gasteiger partial charge in [-0.1, -0.05) is 12.1 Å². The van der Waals surface area contributed by atoms with Crippen molar-refractivity contribution in [2.24, 2.45) is 0 Å². The molecule has 0 spiro atoms. The number of rotatable bonds is 7. The number of amides is 2. The minimum absolute atomic E-state index is 0.258. The van der Waals surface area contributed by atoms with E-state index in [-0.39, 0.29) is 12.5 Å². The summed E-state index contributed by atoms with van der Waals surface area (Å²) in [6, 6.07) is 7.53. The molecule has 1 aromatic heterocycles. The molecule has 0 radical (unpaired) electrons. The molecule has 1 aliphatic carbocycles. The molecule has 0 saturated carbocycles. The topological polar surface area (TPSA) is 105 Å². The molecular weight excluding hydrogens is 380 g/mol.